The number of piperazine rings is 1. The van der Waals surface area contributed by atoms with Crippen molar-refractivity contribution in [2.75, 3.05) is 26.2 Å². The predicted molar refractivity (Wildman–Crippen MR) is 76.9 cm³/mol. The van der Waals surface area contributed by atoms with Crippen molar-refractivity contribution in [3.63, 3.8) is 0 Å². The van der Waals surface area contributed by atoms with Crippen LogP contribution in [0.15, 0.2) is 22.7 Å². The van der Waals surface area contributed by atoms with Gasteiger partial charge in [0.05, 0.1) is 5.56 Å². The van der Waals surface area contributed by atoms with Crippen molar-refractivity contribution in [3.05, 3.63) is 33.8 Å². The number of nitrogens with one attached hydrogen (secondary N) is 1. The van der Waals surface area contributed by atoms with Gasteiger partial charge in [-0.3, -0.25) is 4.90 Å². The van der Waals surface area contributed by atoms with Crippen LogP contribution in [0.25, 0.3) is 0 Å². The van der Waals surface area contributed by atoms with E-state index in [0.717, 1.165) is 12.1 Å². The van der Waals surface area contributed by atoms with E-state index >= 15 is 0 Å². The summed E-state index contributed by atoms with van der Waals surface area (Å²) in [5.41, 5.74) is -0.558. The van der Waals surface area contributed by atoms with Crippen molar-refractivity contribution in [2.45, 2.75) is 25.1 Å². The van der Waals surface area contributed by atoms with Gasteiger partial charge in [0.15, 0.2) is 0 Å². The predicted octanol–water partition coefficient (Wildman–Crippen LogP) is 4.07. The van der Waals surface area contributed by atoms with Gasteiger partial charge in [-0.25, -0.2) is 8.78 Å². The zero-order valence-corrected chi connectivity index (χ0v) is 13.2. The van der Waals surface area contributed by atoms with Crippen LogP contribution in [0.2, 0.25) is 0 Å². The van der Waals surface area contributed by atoms with Crippen molar-refractivity contribution in [1.29, 1.82) is 0 Å². The number of rotatable bonds is 4. The van der Waals surface area contributed by atoms with Gasteiger partial charge < -0.3 is 5.32 Å². The third-order valence-corrected chi connectivity index (χ3v) is 4.40. The van der Waals surface area contributed by atoms with E-state index in [2.05, 4.69) is 21.2 Å². The Morgan fingerprint density at radius 1 is 1.18 bits per heavy atom. The van der Waals surface area contributed by atoms with Gasteiger partial charge in [0.2, 0.25) is 6.43 Å². The topological polar surface area (TPSA) is 15.3 Å². The molecule has 0 bridgehead atoms. The summed E-state index contributed by atoms with van der Waals surface area (Å²) in [5, 5.41) is 3.10. The van der Waals surface area contributed by atoms with Crippen LogP contribution in [-0.4, -0.2) is 37.5 Å². The molecule has 0 saturated carbocycles. The summed E-state index contributed by atoms with van der Waals surface area (Å²) >= 11 is 3.20. The molecule has 1 aliphatic rings. The van der Waals surface area contributed by atoms with Crippen LogP contribution in [0.3, 0.4) is 0 Å². The average molecular weight is 387 g/mol. The summed E-state index contributed by atoms with van der Waals surface area (Å²) in [6, 6.07) is 2.46. The van der Waals surface area contributed by atoms with Gasteiger partial charge in [-0.2, -0.15) is 13.2 Å². The lowest BCUT2D eigenvalue weighted by atomic mass is 9.99. The number of alkyl halides is 5. The van der Waals surface area contributed by atoms with E-state index in [1.54, 1.807) is 0 Å². The lowest BCUT2D eigenvalue weighted by Gasteiger charge is -2.35. The summed E-state index contributed by atoms with van der Waals surface area (Å²) in [7, 11) is 0. The van der Waals surface area contributed by atoms with E-state index in [0.29, 0.717) is 30.7 Å². The zero-order chi connectivity index (χ0) is 16.3. The lowest BCUT2D eigenvalue weighted by Crippen LogP contribution is -2.45. The first-order chi connectivity index (χ1) is 10.3. The summed E-state index contributed by atoms with van der Waals surface area (Å²) in [6.45, 7) is 2.33. The highest BCUT2D eigenvalue weighted by atomic mass is 79.9. The van der Waals surface area contributed by atoms with E-state index in [4.69, 9.17) is 0 Å². The Balaban J connectivity index is 2.37. The van der Waals surface area contributed by atoms with E-state index in [1.807, 2.05) is 4.90 Å². The van der Waals surface area contributed by atoms with Gasteiger partial charge in [0, 0.05) is 43.1 Å². The number of hydrogen-bond donors (Lipinski definition) is 1. The van der Waals surface area contributed by atoms with Crippen molar-refractivity contribution >= 4 is 15.9 Å². The maximum absolute atomic E-state index is 12.9. The quantitative estimate of drug-likeness (QED) is 0.784. The summed E-state index contributed by atoms with van der Waals surface area (Å²) < 4.78 is 64.9. The molecule has 1 fully saturated rings. The molecule has 2 rings (SSSR count). The van der Waals surface area contributed by atoms with Crippen molar-refractivity contribution < 1.29 is 22.0 Å². The maximum Gasteiger partial charge on any atom is 0.416 e. The second-order valence-corrected chi connectivity index (χ2v) is 6.02. The molecular formula is C14H16BrF5N2. The molecule has 0 amide bonds. The molecule has 0 unspecified atom stereocenters. The molecule has 1 N–H and O–H groups in total. The van der Waals surface area contributed by atoms with Gasteiger partial charge in [-0.15, -0.1) is 0 Å². The van der Waals surface area contributed by atoms with Crippen molar-refractivity contribution in [2.24, 2.45) is 0 Å². The molecule has 0 radical (unpaired) electrons. The van der Waals surface area contributed by atoms with Gasteiger partial charge in [0.1, 0.15) is 0 Å². The fourth-order valence-corrected chi connectivity index (χ4v) is 3.12. The third kappa shape index (κ3) is 4.39. The molecule has 1 saturated heterocycles. The van der Waals surface area contributed by atoms with E-state index < -0.39 is 30.6 Å². The average Bonchev–Trinajstić information content (AvgIpc) is 2.45. The molecule has 1 aromatic rings. The molecule has 0 aliphatic carbocycles. The Labute approximate surface area is 133 Å². The first kappa shape index (κ1) is 17.6. The third-order valence-electron chi connectivity index (χ3n) is 3.68. The smallest absolute Gasteiger partial charge is 0.314 e. The van der Waals surface area contributed by atoms with Crippen molar-refractivity contribution in [1.82, 2.24) is 10.2 Å². The maximum atomic E-state index is 12.9. The minimum atomic E-state index is -4.49. The molecule has 0 spiro atoms. The summed E-state index contributed by atoms with van der Waals surface area (Å²) in [4.78, 5) is 1.81. The Kier molecular flexibility index (Phi) is 5.79. The molecule has 1 aromatic carbocycles. The molecule has 1 heterocycles. The van der Waals surface area contributed by atoms with Gasteiger partial charge in [0.25, 0.3) is 0 Å². The number of hydrogen-bond acceptors (Lipinski definition) is 2. The zero-order valence-electron chi connectivity index (χ0n) is 11.6. The van der Waals surface area contributed by atoms with Crippen LogP contribution in [-0.2, 0) is 6.18 Å². The van der Waals surface area contributed by atoms with Crippen LogP contribution in [0, 0.1) is 0 Å². The summed E-state index contributed by atoms with van der Waals surface area (Å²) in [5.74, 6) is 0. The van der Waals surface area contributed by atoms with E-state index in [1.165, 1.54) is 6.07 Å². The minimum Gasteiger partial charge on any atom is -0.314 e. The van der Waals surface area contributed by atoms with Gasteiger partial charge >= 0.3 is 6.18 Å². The largest absolute Gasteiger partial charge is 0.416 e. The molecular weight excluding hydrogens is 371 g/mol. The molecule has 2 nitrogen and oxygen atoms in total. The van der Waals surface area contributed by atoms with Crippen LogP contribution in [0.4, 0.5) is 22.0 Å². The lowest BCUT2D eigenvalue weighted by molar-refractivity contribution is -0.137. The highest BCUT2D eigenvalue weighted by molar-refractivity contribution is 9.10. The fraction of sp³-hybridized carbons (Fsp3) is 0.571. The summed E-state index contributed by atoms with van der Waals surface area (Å²) in [6.07, 6.45) is -7.56. The van der Waals surface area contributed by atoms with E-state index in [-0.39, 0.29) is 5.56 Å². The Bertz CT molecular complexity index is 500. The number of benzene rings is 1. The first-order valence-corrected chi connectivity index (χ1v) is 7.68. The molecule has 124 valence electrons. The molecule has 1 atom stereocenters. The van der Waals surface area contributed by atoms with Gasteiger partial charge in [-0.05, 0) is 23.8 Å². The van der Waals surface area contributed by atoms with E-state index in [9.17, 15) is 22.0 Å². The SMILES string of the molecule is FC(F)C[C@H](c1cc(C(F)(F)F)ccc1Br)N1CCNCC1. The molecule has 8 heteroatoms. The monoisotopic (exact) mass is 386 g/mol. The normalized spacial score (nSPS) is 18.7. The first-order valence-electron chi connectivity index (χ1n) is 6.88. The highest BCUT2D eigenvalue weighted by Crippen LogP contribution is 2.37. The Morgan fingerprint density at radius 2 is 1.82 bits per heavy atom. The van der Waals surface area contributed by atoms with Crippen LogP contribution in [0.5, 0.6) is 0 Å². The minimum absolute atomic E-state index is 0.261. The van der Waals surface area contributed by atoms with Crippen LogP contribution in [0.1, 0.15) is 23.6 Å². The molecule has 0 aromatic heterocycles. The van der Waals surface area contributed by atoms with Crippen LogP contribution < -0.4 is 5.32 Å². The second kappa shape index (κ2) is 7.23. The molecule has 22 heavy (non-hydrogen) atoms. The van der Waals surface area contributed by atoms with Crippen LogP contribution >= 0.6 is 15.9 Å². The molecule has 1 aliphatic heterocycles. The van der Waals surface area contributed by atoms with Crippen molar-refractivity contribution in [3.8, 4) is 0 Å². The second-order valence-electron chi connectivity index (χ2n) is 5.16. The highest BCUT2D eigenvalue weighted by Gasteiger charge is 2.33. The standard InChI is InChI=1S/C14H16BrF5N2/c15-11-2-1-9(14(18,19)20)7-10(11)12(8-13(16)17)22-5-3-21-4-6-22/h1-2,7,12-13,21H,3-6,8H2/t12-/m1/s1. The fourth-order valence-electron chi connectivity index (χ4n) is 2.61. The number of halogens is 6. The van der Waals surface area contributed by atoms with Gasteiger partial charge in [-0.1, -0.05) is 15.9 Å². The Morgan fingerprint density at radius 3 is 2.36 bits per heavy atom. The Hall–Kier alpha value is -0.730. The number of nitrogens with zero attached hydrogens (tertiary/aromatic N) is 1.